The molecule has 0 aliphatic carbocycles. The van der Waals surface area contributed by atoms with E-state index in [0.717, 1.165) is 0 Å². The van der Waals surface area contributed by atoms with E-state index < -0.39 is 70.1 Å². The summed E-state index contributed by atoms with van der Waals surface area (Å²) in [5.74, 6) is -1.59. The second kappa shape index (κ2) is 15.4. The van der Waals surface area contributed by atoms with Crippen LogP contribution in [0, 0.1) is 11.3 Å². The first kappa shape index (κ1) is 36.6. The summed E-state index contributed by atoms with van der Waals surface area (Å²) >= 11 is 0. The van der Waals surface area contributed by atoms with E-state index in [1.165, 1.54) is 6.26 Å². The smallest absolute Gasteiger partial charge is 0.469 e. The molecular formula is C21H42N2O13P2. The van der Waals surface area contributed by atoms with Crippen molar-refractivity contribution in [1.82, 2.24) is 5.32 Å². The van der Waals surface area contributed by atoms with Crippen LogP contribution in [0.15, 0.2) is 12.3 Å². The monoisotopic (exact) mass is 592 g/mol. The van der Waals surface area contributed by atoms with Gasteiger partial charge in [0.25, 0.3) is 0 Å². The molecule has 0 rings (SSSR count). The van der Waals surface area contributed by atoms with Crippen LogP contribution in [-0.2, 0) is 42.0 Å². The zero-order valence-electron chi connectivity index (χ0n) is 22.7. The van der Waals surface area contributed by atoms with Crippen LogP contribution in [-0.4, -0.2) is 75.2 Å². The Hall–Kier alpha value is -1.38. The number of phosphoric acid groups is 2. The van der Waals surface area contributed by atoms with Gasteiger partial charge in [-0.1, -0.05) is 27.7 Å². The molecule has 7 N–H and O–H groups in total. The Morgan fingerprint density at radius 1 is 0.947 bits per heavy atom. The van der Waals surface area contributed by atoms with Crippen LogP contribution < -0.4 is 11.1 Å². The Morgan fingerprint density at radius 3 is 1.97 bits per heavy atom. The Kier molecular flexibility index (Phi) is 14.9. The number of carbonyl (C=O) groups is 2. The van der Waals surface area contributed by atoms with Gasteiger partial charge in [0.2, 0.25) is 0 Å². The number of esters is 2. The fourth-order valence-electron chi connectivity index (χ4n) is 3.20. The standard InChI is InChI=1S/C21H42N2O13P2/c1-14(2)8-9-32-15(3)23-17(11-35-38(29,30)31)19(25)33-13-20(4,5)12-21(6,7)36-18(24)16(22)10-34-37(26,27)28/h8-9,14-17,23H,10-13,22H2,1-7H3,(H2,26,27,28)(H2,29,30,31). The third-order valence-electron chi connectivity index (χ3n) is 4.49. The van der Waals surface area contributed by atoms with Crippen LogP contribution in [0.25, 0.3) is 0 Å². The number of hydrogen-bond donors (Lipinski definition) is 6. The molecular weight excluding hydrogens is 550 g/mol. The molecule has 0 heterocycles. The number of nitrogens with two attached hydrogens (primary N) is 1. The second-order valence-corrected chi connectivity index (χ2v) is 12.9. The molecule has 38 heavy (non-hydrogen) atoms. The molecule has 0 aliphatic rings. The van der Waals surface area contributed by atoms with E-state index in [-0.39, 0.29) is 18.9 Å². The molecule has 0 fully saturated rings. The molecule has 0 saturated heterocycles. The van der Waals surface area contributed by atoms with Crippen LogP contribution in [0.1, 0.15) is 54.9 Å². The third-order valence-corrected chi connectivity index (χ3v) is 5.46. The highest BCUT2D eigenvalue weighted by Gasteiger charge is 2.36. The van der Waals surface area contributed by atoms with E-state index in [0.29, 0.717) is 0 Å². The van der Waals surface area contributed by atoms with Crippen molar-refractivity contribution in [1.29, 1.82) is 0 Å². The van der Waals surface area contributed by atoms with E-state index in [9.17, 15) is 18.7 Å². The van der Waals surface area contributed by atoms with Crippen molar-refractivity contribution < 1.29 is 61.6 Å². The lowest BCUT2D eigenvalue weighted by Gasteiger charge is -2.35. The molecule has 3 unspecified atom stereocenters. The minimum Gasteiger partial charge on any atom is -0.484 e. The highest BCUT2D eigenvalue weighted by atomic mass is 31.2. The van der Waals surface area contributed by atoms with Gasteiger partial charge in [-0.3, -0.25) is 24.0 Å². The highest BCUT2D eigenvalue weighted by molar-refractivity contribution is 7.46. The maximum absolute atomic E-state index is 12.7. The molecule has 15 nitrogen and oxygen atoms in total. The zero-order valence-corrected chi connectivity index (χ0v) is 24.5. The van der Waals surface area contributed by atoms with Crippen molar-refractivity contribution in [2.75, 3.05) is 19.8 Å². The largest absolute Gasteiger partial charge is 0.484 e. The first-order chi connectivity index (χ1) is 17.0. The van der Waals surface area contributed by atoms with Gasteiger partial charge in [0.1, 0.15) is 23.9 Å². The predicted molar refractivity (Wildman–Crippen MR) is 135 cm³/mol. The summed E-state index contributed by atoms with van der Waals surface area (Å²) in [7, 11) is -9.68. The topological polar surface area (TPSA) is 233 Å². The summed E-state index contributed by atoms with van der Waals surface area (Å²) in [6.07, 6.45) is 2.65. The Labute approximate surface area is 222 Å². The van der Waals surface area contributed by atoms with Crippen molar-refractivity contribution in [3.05, 3.63) is 12.3 Å². The molecule has 224 valence electrons. The number of carbonyl (C=O) groups excluding carboxylic acids is 2. The van der Waals surface area contributed by atoms with E-state index in [4.69, 9.17) is 39.5 Å². The molecule has 0 saturated carbocycles. The minimum absolute atomic E-state index is 0.168. The summed E-state index contributed by atoms with van der Waals surface area (Å²) in [4.78, 5) is 60.5. The molecule has 0 radical (unpaired) electrons. The summed E-state index contributed by atoms with van der Waals surface area (Å²) in [6, 6.07) is -2.72. The molecule has 0 aromatic heterocycles. The van der Waals surface area contributed by atoms with Gasteiger partial charge in [0, 0.05) is 5.41 Å². The van der Waals surface area contributed by atoms with Crippen LogP contribution in [0.5, 0.6) is 0 Å². The molecule has 17 heteroatoms. The van der Waals surface area contributed by atoms with Crippen LogP contribution in [0.3, 0.4) is 0 Å². The van der Waals surface area contributed by atoms with Gasteiger partial charge in [0.15, 0.2) is 0 Å². The quantitative estimate of drug-likeness (QED) is 0.0570. The summed E-state index contributed by atoms with van der Waals surface area (Å²) in [5.41, 5.74) is 3.68. The third kappa shape index (κ3) is 18.8. The molecule has 0 aliphatic heterocycles. The molecule has 3 atom stereocenters. The van der Waals surface area contributed by atoms with Gasteiger partial charge in [-0.2, -0.15) is 0 Å². The average Bonchev–Trinajstić information content (AvgIpc) is 2.70. The number of nitrogens with one attached hydrogen (secondary N) is 1. The number of hydrogen-bond acceptors (Lipinski definition) is 11. The lowest BCUT2D eigenvalue weighted by atomic mass is 9.82. The van der Waals surface area contributed by atoms with E-state index in [1.807, 2.05) is 13.8 Å². The van der Waals surface area contributed by atoms with Crippen molar-refractivity contribution in [3.63, 3.8) is 0 Å². The number of ether oxygens (including phenoxy) is 3. The van der Waals surface area contributed by atoms with Gasteiger partial charge < -0.3 is 39.5 Å². The van der Waals surface area contributed by atoms with Crippen molar-refractivity contribution >= 4 is 27.6 Å². The van der Waals surface area contributed by atoms with Gasteiger partial charge in [-0.15, -0.1) is 0 Å². The van der Waals surface area contributed by atoms with E-state index in [2.05, 4.69) is 14.4 Å². The Balaban J connectivity index is 5.13. The fourth-order valence-corrected chi connectivity index (χ4v) is 3.90. The maximum Gasteiger partial charge on any atom is 0.469 e. The molecule has 0 aromatic rings. The lowest BCUT2D eigenvalue weighted by molar-refractivity contribution is -0.165. The van der Waals surface area contributed by atoms with E-state index >= 15 is 0 Å². The summed E-state index contributed by atoms with van der Waals surface area (Å²) in [6.45, 7) is 10.4. The first-order valence-electron chi connectivity index (χ1n) is 11.7. The number of phosphoric ester groups is 2. The van der Waals surface area contributed by atoms with Crippen molar-refractivity contribution in [2.24, 2.45) is 17.1 Å². The highest BCUT2D eigenvalue weighted by Crippen LogP contribution is 2.37. The van der Waals surface area contributed by atoms with Crippen molar-refractivity contribution in [3.8, 4) is 0 Å². The number of rotatable bonds is 18. The van der Waals surface area contributed by atoms with E-state index in [1.54, 1.807) is 40.7 Å². The van der Waals surface area contributed by atoms with Gasteiger partial charge in [-0.25, -0.2) is 9.13 Å². The maximum atomic E-state index is 12.7. The van der Waals surface area contributed by atoms with Gasteiger partial charge >= 0.3 is 27.6 Å². The molecule has 0 spiro atoms. The van der Waals surface area contributed by atoms with Crippen LogP contribution >= 0.6 is 15.6 Å². The first-order valence-corrected chi connectivity index (χ1v) is 14.7. The SMILES string of the molecule is CC(C)C=COC(C)NC(COP(=O)(O)O)C(=O)OCC(C)(C)CC(C)(C)OC(=O)C(N)COP(=O)(O)O. The second-order valence-electron chi connectivity index (χ2n) is 10.4. The fraction of sp³-hybridized carbons (Fsp3) is 0.810. The zero-order chi connectivity index (χ0) is 29.9. The van der Waals surface area contributed by atoms with Crippen LogP contribution in [0.4, 0.5) is 0 Å². The van der Waals surface area contributed by atoms with Crippen LogP contribution in [0.2, 0.25) is 0 Å². The number of allylic oxidation sites excluding steroid dienone is 1. The summed E-state index contributed by atoms with van der Waals surface area (Å²) < 4.78 is 46.8. The molecule has 0 aromatic carbocycles. The summed E-state index contributed by atoms with van der Waals surface area (Å²) in [5, 5.41) is 2.74. The molecule has 0 bridgehead atoms. The average molecular weight is 593 g/mol. The minimum atomic E-state index is -4.87. The Morgan fingerprint density at radius 2 is 1.47 bits per heavy atom. The normalized spacial score (nSPS) is 15.8. The lowest BCUT2D eigenvalue weighted by Crippen LogP contribution is -2.47. The Bertz CT molecular complexity index is 882. The molecule has 0 amide bonds. The van der Waals surface area contributed by atoms with Gasteiger partial charge in [-0.05, 0) is 39.2 Å². The van der Waals surface area contributed by atoms with Gasteiger partial charge in [0.05, 0.1) is 26.1 Å². The van der Waals surface area contributed by atoms with Crippen molar-refractivity contribution in [2.45, 2.75) is 78.8 Å². The predicted octanol–water partition coefficient (Wildman–Crippen LogP) is 1.30.